The quantitative estimate of drug-likeness (QED) is 0.0338. The first kappa shape index (κ1) is 47.7. The van der Waals surface area contributed by atoms with Gasteiger partial charge >= 0.3 is 0 Å². The van der Waals surface area contributed by atoms with Crippen LogP contribution in [0.5, 0.6) is 34.5 Å². The van der Waals surface area contributed by atoms with Gasteiger partial charge in [0.2, 0.25) is 11.6 Å². The van der Waals surface area contributed by atoms with Crippen LogP contribution in [-0.2, 0) is 6.42 Å². The normalized spacial score (nSPS) is 19.1. The molecule has 67 heavy (non-hydrogen) atoms. The minimum absolute atomic E-state index is 0.00795. The number of ether oxygens (including phenoxy) is 2. The van der Waals surface area contributed by atoms with Gasteiger partial charge in [-0.3, -0.25) is 9.59 Å². The second-order valence-corrected chi connectivity index (χ2v) is 19.8. The molecule has 8 rings (SSSR count). The van der Waals surface area contributed by atoms with E-state index >= 15 is 0 Å². The molecule has 354 valence electrons. The lowest BCUT2D eigenvalue weighted by Crippen LogP contribution is -2.24. The third kappa shape index (κ3) is 11.2. The zero-order valence-electron chi connectivity index (χ0n) is 40.1. The lowest BCUT2D eigenvalue weighted by Gasteiger charge is -2.29. The number of nitrogens with two attached hydrogens (primary N) is 1. The molecule has 5 aromatic carbocycles. The van der Waals surface area contributed by atoms with Crippen molar-refractivity contribution in [2.45, 2.75) is 161 Å². The first-order chi connectivity index (χ1) is 32.6. The number of ketones is 2. The van der Waals surface area contributed by atoms with Gasteiger partial charge in [0.15, 0.2) is 23.0 Å². The van der Waals surface area contributed by atoms with Gasteiger partial charge in [0.05, 0.1) is 27.9 Å². The maximum Gasteiger partial charge on any atom is 0.200 e. The molecular formula is C59H72N2O6. The van der Waals surface area contributed by atoms with Gasteiger partial charge in [0, 0.05) is 23.5 Å². The molecule has 3 aliphatic carbocycles. The maximum absolute atomic E-state index is 14.8. The summed E-state index contributed by atoms with van der Waals surface area (Å²) < 4.78 is 12.6. The third-order valence-corrected chi connectivity index (χ3v) is 15.1. The van der Waals surface area contributed by atoms with E-state index in [1.807, 2.05) is 48.5 Å². The summed E-state index contributed by atoms with van der Waals surface area (Å²) in [6.45, 7) is 6.70. The van der Waals surface area contributed by atoms with Gasteiger partial charge in [-0.25, -0.2) is 0 Å². The van der Waals surface area contributed by atoms with Crippen molar-refractivity contribution in [3.8, 4) is 34.5 Å². The van der Waals surface area contributed by atoms with Crippen molar-refractivity contribution < 1.29 is 29.3 Å². The van der Waals surface area contributed by atoms with Crippen LogP contribution in [0, 0.1) is 11.8 Å². The Bertz CT molecular complexity index is 2460. The van der Waals surface area contributed by atoms with Gasteiger partial charge in [0.25, 0.3) is 0 Å². The second kappa shape index (κ2) is 22.4. The summed E-state index contributed by atoms with van der Waals surface area (Å²) in [6.07, 6.45) is 24.5. The van der Waals surface area contributed by atoms with Crippen LogP contribution in [0.1, 0.15) is 203 Å². The number of aryl methyl sites for hydroxylation is 1. The number of phenolic OH excluding ortho intramolecular Hbond substituents is 2. The van der Waals surface area contributed by atoms with E-state index in [4.69, 9.17) is 15.2 Å². The summed E-state index contributed by atoms with van der Waals surface area (Å²) >= 11 is 0. The minimum Gasteiger partial charge on any atom is -0.504 e. The number of phenols is 2. The number of benzene rings is 5. The first-order valence-electron chi connectivity index (χ1n) is 25.7. The Morgan fingerprint density at radius 1 is 0.537 bits per heavy atom. The number of rotatable bonds is 20. The van der Waals surface area contributed by atoms with Crippen LogP contribution in [0.15, 0.2) is 84.9 Å². The fourth-order valence-corrected chi connectivity index (χ4v) is 11.0. The van der Waals surface area contributed by atoms with E-state index in [0.29, 0.717) is 29.0 Å². The highest BCUT2D eigenvalue weighted by atomic mass is 16.5. The van der Waals surface area contributed by atoms with Crippen molar-refractivity contribution >= 4 is 28.6 Å². The van der Waals surface area contributed by atoms with Crippen LogP contribution >= 0.6 is 0 Å². The van der Waals surface area contributed by atoms with E-state index in [9.17, 15) is 19.8 Å². The van der Waals surface area contributed by atoms with Gasteiger partial charge in [-0.2, -0.15) is 0 Å². The van der Waals surface area contributed by atoms with E-state index < -0.39 is 23.1 Å². The molecule has 5 aromatic rings. The molecule has 0 bridgehead atoms. The first-order valence-corrected chi connectivity index (χ1v) is 25.7. The monoisotopic (exact) mass is 905 g/mol. The topological polar surface area (TPSA) is 131 Å². The molecule has 0 heterocycles. The number of fused-ring (bicyclic) bond motifs is 2. The summed E-state index contributed by atoms with van der Waals surface area (Å²) in [6, 6.07) is 26.8. The van der Waals surface area contributed by atoms with Crippen LogP contribution in [0.25, 0.3) is 0 Å². The molecule has 0 radical (unpaired) electrons. The fraction of sp³-hybridized carbons (Fsp3) is 0.458. The highest BCUT2D eigenvalue weighted by molar-refractivity contribution is 6.34. The number of hydrogen-bond acceptors (Lipinski definition) is 8. The Hall–Kier alpha value is -5.76. The minimum atomic E-state index is -0.702. The molecule has 2 fully saturated rings. The van der Waals surface area contributed by atoms with Gasteiger partial charge < -0.3 is 30.7 Å². The number of hydrogen-bond donors (Lipinski definition) is 4. The molecule has 0 atom stereocenters. The van der Waals surface area contributed by atoms with Gasteiger partial charge in [-0.1, -0.05) is 121 Å². The molecule has 0 amide bonds. The van der Waals surface area contributed by atoms with E-state index in [1.54, 1.807) is 6.07 Å². The van der Waals surface area contributed by atoms with Crippen molar-refractivity contribution in [2.24, 2.45) is 11.8 Å². The molecule has 0 saturated heterocycles. The summed E-state index contributed by atoms with van der Waals surface area (Å²) in [7, 11) is 0. The Balaban J connectivity index is 1.05. The smallest absolute Gasteiger partial charge is 0.200 e. The number of carbonyl (C=O) groups excluding carboxylic acids is 2. The van der Waals surface area contributed by atoms with Gasteiger partial charge in [-0.05, 0) is 141 Å². The lowest BCUT2D eigenvalue weighted by molar-refractivity contribution is 0.0974. The van der Waals surface area contributed by atoms with Crippen molar-refractivity contribution in [3.63, 3.8) is 0 Å². The van der Waals surface area contributed by atoms with E-state index in [-0.39, 0.29) is 45.1 Å². The number of nitrogen functional groups attached to an aromatic ring is 1. The summed E-state index contributed by atoms with van der Waals surface area (Å²) in [5.41, 5.74) is 10.4. The average molecular weight is 905 g/mol. The van der Waals surface area contributed by atoms with Crippen molar-refractivity contribution in [1.82, 2.24) is 0 Å². The summed E-state index contributed by atoms with van der Waals surface area (Å²) in [4.78, 5) is 29.5. The third-order valence-electron chi connectivity index (χ3n) is 15.1. The van der Waals surface area contributed by atoms with Crippen LogP contribution < -0.4 is 20.5 Å². The van der Waals surface area contributed by atoms with E-state index in [2.05, 4.69) is 50.4 Å². The van der Waals surface area contributed by atoms with Gasteiger partial charge in [0.1, 0.15) is 11.5 Å². The van der Waals surface area contributed by atoms with E-state index in [1.165, 1.54) is 125 Å². The van der Waals surface area contributed by atoms with Gasteiger partial charge in [-0.15, -0.1) is 0 Å². The number of carbonyl (C=O) groups is 2. The molecule has 0 unspecified atom stereocenters. The molecule has 5 N–H and O–H groups in total. The fourth-order valence-electron chi connectivity index (χ4n) is 11.0. The molecular weight excluding hydrogens is 833 g/mol. The Kier molecular flexibility index (Phi) is 15.9. The average Bonchev–Trinajstić information content (AvgIpc) is 3.34. The zero-order valence-corrected chi connectivity index (χ0v) is 40.1. The maximum atomic E-state index is 14.8. The second-order valence-electron chi connectivity index (χ2n) is 19.8. The van der Waals surface area contributed by atoms with Crippen molar-refractivity contribution in [1.29, 1.82) is 0 Å². The zero-order chi connectivity index (χ0) is 46.9. The molecule has 0 aromatic heterocycles. The Morgan fingerprint density at radius 2 is 0.985 bits per heavy atom. The highest BCUT2D eigenvalue weighted by Gasteiger charge is 2.41. The Labute approximate surface area is 398 Å². The number of unbranched alkanes of at least 4 members (excludes halogenated alkanes) is 6. The molecule has 3 aliphatic rings. The number of anilines is 3. The Morgan fingerprint density at radius 3 is 1.48 bits per heavy atom. The number of nitrogens with one attached hydrogen (secondary N) is 1. The van der Waals surface area contributed by atoms with Crippen LogP contribution in [0.2, 0.25) is 0 Å². The van der Waals surface area contributed by atoms with Crippen molar-refractivity contribution in [3.05, 3.63) is 124 Å². The number of aromatic hydroxyl groups is 2. The standard InChI is InChI=1S/C59H72N2O6/c1-4-7-10-13-38-16-22-41(23-17-38)43-26-32-46(33-27-43)66-50-36-48(60)52-54(56(50)62)59(65)53-49(61-45-30-20-40(21-31-45)15-12-9-6-3)37-51(57(63)55(53)58(52)64)67-47-34-28-44(29-35-47)42-24-18-39(19-25-42)14-11-8-5-2/h20-21,26-39,41-42,61-63H,4-19,22-25,60H2,1-3H3. The van der Waals surface area contributed by atoms with Crippen LogP contribution in [0.3, 0.4) is 0 Å². The van der Waals surface area contributed by atoms with Crippen LogP contribution in [-0.4, -0.2) is 21.8 Å². The molecule has 0 spiro atoms. The lowest BCUT2D eigenvalue weighted by atomic mass is 9.77. The predicted molar refractivity (Wildman–Crippen MR) is 271 cm³/mol. The molecule has 8 heteroatoms. The van der Waals surface area contributed by atoms with E-state index in [0.717, 1.165) is 37.5 Å². The summed E-state index contributed by atoms with van der Waals surface area (Å²) in [5, 5.41) is 27.1. The summed E-state index contributed by atoms with van der Waals surface area (Å²) in [5.74, 6) is 1.22. The highest BCUT2D eigenvalue weighted by Crippen LogP contribution is 2.50. The SMILES string of the molecule is CCCCCc1ccc(Nc2cc(Oc3ccc(C4CCC(CCCCC)CC4)cc3)c(O)c3c2C(=O)c2c(O)c(Oc4ccc(C5CCC(CCCCC)CC5)cc4)cc(N)c2C3=O)cc1. The molecule has 2 saturated carbocycles. The molecule has 8 nitrogen and oxygen atoms in total. The largest absolute Gasteiger partial charge is 0.504 e. The van der Waals surface area contributed by atoms with Crippen molar-refractivity contribution in [2.75, 3.05) is 11.1 Å². The van der Waals surface area contributed by atoms with Crippen LogP contribution in [0.4, 0.5) is 17.1 Å². The predicted octanol–water partition coefficient (Wildman–Crippen LogP) is 16.2. The molecule has 0 aliphatic heterocycles.